The van der Waals surface area contributed by atoms with Crippen molar-refractivity contribution in [2.24, 2.45) is 0 Å². The number of hydrogen-bond donors (Lipinski definition) is 3. The van der Waals surface area contributed by atoms with Crippen molar-refractivity contribution in [3.05, 3.63) is 71.8 Å². The predicted octanol–water partition coefficient (Wildman–Crippen LogP) is 2.33. The largest absolute Gasteiger partial charge is 0.480 e. The summed E-state index contributed by atoms with van der Waals surface area (Å²) in [6.07, 6.45) is 2.29. The topological polar surface area (TPSA) is 125 Å². The summed E-state index contributed by atoms with van der Waals surface area (Å²) in [6.45, 7) is 4.01. The molecule has 1 heterocycles. The first-order chi connectivity index (χ1) is 18.3. The fraction of sp³-hybridized carbons (Fsp3) is 0.448. The molecule has 3 rings (SSSR count). The number of benzene rings is 2. The number of carboxylic acid groups (broad SMARTS) is 1. The molecule has 204 valence electrons. The van der Waals surface area contributed by atoms with E-state index in [9.17, 15) is 24.3 Å². The number of carboxylic acids is 1. The molecule has 4 atom stereocenters. The zero-order valence-electron chi connectivity index (χ0n) is 22.0. The predicted molar refractivity (Wildman–Crippen MR) is 142 cm³/mol. The van der Waals surface area contributed by atoms with Crippen molar-refractivity contribution < 1.29 is 29.0 Å². The number of aryl methyl sites for hydroxylation is 1. The number of ether oxygens (including phenoxy) is 1. The molecule has 3 N–H and O–H groups in total. The monoisotopic (exact) mass is 523 g/mol. The first-order valence-electron chi connectivity index (χ1n) is 13.1. The lowest BCUT2D eigenvalue weighted by Crippen LogP contribution is -2.56. The third-order valence-corrected chi connectivity index (χ3v) is 6.69. The van der Waals surface area contributed by atoms with Crippen LogP contribution in [0.1, 0.15) is 44.2 Å². The molecule has 38 heavy (non-hydrogen) atoms. The van der Waals surface area contributed by atoms with Crippen LogP contribution in [0.4, 0.5) is 0 Å². The van der Waals surface area contributed by atoms with Gasteiger partial charge in [-0.05, 0) is 50.7 Å². The van der Waals surface area contributed by atoms with E-state index in [0.717, 1.165) is 11.1 Å². The normalized spacial score (nSPS) is 17.3. The third-order valence-electron chi connectivity index (χ3n) is 6.69. The van der Waals surface area contributed by atoms with Crippen LogP contribution < -0.4 is 10.6 Å². The zero-order valence-corrected chi connectivity index (χ0v) is 22.0. The summed E-state index contributed by atoms with van der Waals surface area (Å²) in [5.74, 6) is -2.36. The van der Waals surface area contributed by atoms with Gasteiger partial charge in [-0.1, -0.05) is 60.7 Å². The van der Waals surface area contributed by atoms with Gasteiger partial charge in [0.05, 0.1) is 12.6 Å². The number of carbonyl (C=O) groups is 4. The molecule has 0 radical (unpaired) electrons. The van der Waals surface area contributed by atoms with Crippen LogP contribution in [-0.2, 0) is 36.8 Å². The van der Waals surface area contributed by atoms with E-state index in [-0.39, 0.29) is 18.9 Å². The Bertz CT molecular complexity index is 1080. The van der Waals surface area contributed by atoms with E-state index in [1.165, 1.54) is 4.90 Å². The molecule has 1 fully saturated rings. The van der Waals surface area contributed by atoms with Crippen LogP contribution in [0.15, 0.2) is 60.7 Å². The van der Waals surface area contributed by atoms with Gasteiger partial charge in [0, 0.05) is 13.0 Å². The van der Waals surface area contributed by atoms with Gasteiger partial charge in [-0.2, -0.15) is 0 Å². The number of aliphatic carboxylic acids is 1. The molecular formula is C29H37N3O6. The van der Waals surface area contributed by atoms with Gasteiger partial charge in [0.1, 0.15) is 18.1 Å². The lowest BCUT2D eigenvalue weighted by Gasteiger charge is -2.29. The average molecular weight is 524 g/mol. The first-order valence-corrected chi connectivity index (χ1v) is 13.1. The Morgan fingerprint density at radius 2 is 1.63 bits per heavy atom. The van der Waals surface area contributed by atoms with E-state index in [0.29, 0.717) is 32.2 Å². The minimum Gasteiger partial charge on any atom is -0.480 e. The molecule has 9 nitrogen and oxygen atoms in total. The van der Waals surface area contributed by atoms with E-state index in [4.69, 9.17) is 4.74 Å². The van der Waals surface area contributed by atoms with Crippen molar-refractivity contribution in [2.45, 2.75) is 70.1 Å². The van der Waals surface area contributed by atoms with E-state index in [2.05, 4.69) is 10.6 Å². The summed E-state index contributed by atoms with van der Waals surface area (Å²) in [7, 11) is 0. The molecule has 2 aromatic carbocycles. The lowest BCUT2D eigenvalue weighted by atomic mass is 10.0. The number of esters is 1. The fourth-order valence-corrected chi connectivity index (χ4v) is 4.71. The van der Waals surface area contributed by atoms with E-state index in [1.807, 2.05) is 48.5 Å². The first kappa shape index (κ1) is 28.8. The van der Waals surface area contributed by atoms with Crippen molar-refractivity contribution in [1.82, 2.24) is 15.5 Å². The molecule has 0 aromatic heterocycles. The van der Waals surface area contributed by atoms with E-state index < -0.39 is 42.0 Å². The Balaban J connectivity index is 1.63. The molecule has 1 unspecified atom stereocenters. The highest BCUT2D eigenvalue weighted by atomic mass is 16.5. The SMILES string of the molecule is CCOC(=O)C(CCc1ccccc1)N[C@@H](C)C(=O)N1CCC[C@H]1C(=O)N[C@@H](Cc1ccccc1)C(=O)O. The minimum absolute atomic E-state index is 0.142. The van der Waals surface area contributed by atoms with Crippen LogP contribution in [0, 0.1) is 0 Å². The smallest absolute Gasteiger partial charge is 0.326 e. The van der Waals surface area contributed by atoms with Crippen LogP contribution in [-0.4, -0.2) is 71.1 Å². The van der Waals surface area contributed by atoms with Crippen molar-refractivity contribution in [3.8, 4) is 0 Å². The standard InChI is InChI=1S/C29H37N3O6/c1-3-38-29(37)23(17-16-21-11-6-4-7-12-21)30-20(2)27(34)32-18-10-15-25(32)26(33)31-24(28(35)36)19-22-13-8-5-9-14-22/h4-9,11-14,20,23-25,30H,3,10,15-19H2,1-2H3,(H,31,33)(H,35,36)/t20-,23?,24-,25-/m0/s1. The summed E-state index contributed by atoms with van der Waals surface area (Å²) < 4.78 is 5.23. The molecule has 2 amide bonds. The van der Waals surface area contributed by atoms with Gasteiger partial charge in [0.2, 0.25) is 11.8 Å². The Kier molecular flexibility index (Phi) is 10.8. The highest BCUT2D eigenvalue weighted by Crippen LogP contribution is 2.20. The molecule has 1 saturated heterocycles. The lowest BCUT2D eigenvalue weighted by molar-refractivity contribution is -0.147. The van der Waals surface area contributed by atoms with Gasteiger partial charge in [-0.15, -0.1) is 0 Å². The van der Waals surface area contributed by atoms with Crippen LogP contribution in [0.5, 0.6) is 0 Å². The van der Waals surface area contributed by atoms with Gasteiger partial charge in [-0.3, -0.25) is 19.7 Å². The van der Waals surface area contributed by atoms with Gasteiger partial charge in [0.25, 0.3) is 0 Å². The summed E-state index contributed by atoms with van der Waals surface area (Å²) >= 11 is 0. The van der Waals surface area contributed by atoms with Gasteiger partial charge in [-0.25, -0.2) is 4.79 Å². The maximum Gasteiger partial charge on any atom is 0.326 e. The summed E-state index contributed by atoms with van der Waals surface area (Å²) in [4.78, 5) is 52.4. The molecular weight excluding hydrogens is 486 g/mol. The Hall–Kier alpha value is -3.72. The molecule has 0 aliphatic carbocycles. The van der Waals surface area contributed by atoms with Crippen molar-refractivity contribution >= 4 is 23.8 Å². The van der Waals surface area contributed by atoms with Crippen molar-refractivity contribution in [3.63, 3.8) is 0 Å². The second-order valence-corrected chi connectivity index (χ2v) is 9.50. The van der Waals surface area contributed by atoms with Crippen LogP contribution in [0.3, 0.4) is 0 Å². The molecule has 0 spiro atoms. The molecule has 2 aromatic rings. The number of nitrogens with one attached hydrogen (secondary N) is 2. The summed E-state index contributed by atoms with van der Waals surface area (Å²) in [5.41, 5.74) is 1.86. The second kappa shape index (κ2) is 14.3. The van der Waals surface area contributed by atoms with Crippen LogP contribution in [0.25, 0.3) is 0 Å². The number of hydrogen-bond acceptors (Lipinski definition) is 6. The van der Waals surface area contributed by atoms with Gasteiger partial charge in [0.15, 0.2) is 0 Å². The Labute approximate surface area is 223 Å². The van der Waals surface area contributed by atoms with Crippen molar-refractivity contribution in [2.75, 3.05) is 13.2 Å². The number of amides is 2. The van der Waals surface area contributed by atoms with E-state index >= 15 is 0 Å². The number of likely N-dealkylation sites (tertiary alicyclic amines) is 1. The molecule has 9 heteroatoms. The molecule has 0 bridgehead atoms. The minimum atomic E-state index is -1.14. The van der Waals surface area contributed by atoms with Gasteiger partial charge >= 0.3 is 11.9 Å². The summed E-state index contributed by atoms with van der Waals surface area (Å²) in [5, 5.41) is 15.4. The quantitative estimate of drug-likeness (QED) is 0.344. The Morgan fingerprint density at radius 3 is 2.24 bits per heavy atom. The fourth-order valence-electron chi connectivity index (χ4n) is 4.71. The Morgan fingerprint density at radius 1 is 1.00 bits per heavy atom. The molecule has 0 saturated carbocycles. The van der Waals surface area contributed by atoms with Gasteiger partial charge < -0.3 is 20.1 Å². The van der Waals surface area contributed by atoms with Crippen LogP contribution >= 0.6 is 0 Å². The number of carbonyl (C=O) groups excluding carboxylic acids is 3. The van der Waals surface area contributed by atoms with E-state index in [1.54, 1.807) is 26.0 Å². The van der Waals surface area contributed by atoms with Crippen LogP contribution in [0.2, 0.25) is 0 Å². The van der Waals surface area contributed by atoms with Crippen molar-refractivity contribution in [1.29, 1.82) is 0 Å². The highest BCUT2D eigenvalue weighted by molar-refractivity contribution is 5.92. The molecule has 1 aliphatic rings. The molecule has 1 aliphatic heterocycles. The second-order valence-electron chi connectivity index (χ2n) is 9.50. The highest BCUT2D eigenvalue weighted by Gasteiger charge is 2.38. The number of nitrogens with zero attached hydrogens (tertiary/aromatic N) is 1. The maximum atomic E-state index is 13.4. The number of rotatable bonds is 13. The maximum absolute atomic E-state index is 13.4. The summed E-state index contributed by atoms with van der Waals surface area (Å²) in [6, 6.07) is 15.5. The zero-order chi connectivity index (χ0) is 27.5. The average Bonchev–Trinajstić information content (AvgIpc) is 3.41. The third kappa shape index (κ3) is 8.14.